The highest BCUT2D eigenvalue weighted by Gasteiger charge is 2.71. The van der Waals surface area contributed by atoms with E-state index in [2.05, 4.69) is 0 Å². The first kappa shape index (κ1) is 25.4. The van der Waals surface area contributed by atoms with Crippen LogP contribution in [0.2, 0.25) is 20.1 Å². The molecular formula is C26H16Cl4N2O6. The van der Waals surface area contributed by atoms with Gasteiger partial charge in [0, 0.05) is 37.5 Å². The third-order valence-corrected chi connectivity index (χ3v) is 8.64. The fraction of sp³-hybridized carbons (Fsp3) is 0.269. The molecule has 4 amide bonds. The lowest BCUT2D eigenvalue weighted by molar-refractivity contribution is -0.145. The minimum absolute atomic E-state index is 0.0965. The molecule has 2 heterocycles. The number of imide groups is 2. The second kappa shape index (κ2) is 8.81. The fourth-order valence-electron chi connectivity index (χ4n) is 6.52. The third kappa shape index (κ3) is 3.47. The van der Waals surface area contributed by atoms with E-state index in [0.717, 1.165) is 9.80 Å². The number of ether oxygens (including phenoxy) is 1. The van der Waals surface area contributed by atoms with Crippen molar-refractivity contribution < 1.29 is 28.7 Å². The van der Waals surface area contributed by atoms with Gasteiger partial charge in [0.25, 0.3) is 0 Å². The number of anilines is 2. The molecule has 2 aliphatic heterocycles. The number of esters is 1. The van der Waals surface area contributed by atoms with Gasteiger partial charge in [0.2, 0.25) is 23.6 Å². The summed E-state index contributed by atoms with van der Waals surface area (Å²) in [6, 6.07) is 8.64. The van der Waals surface area contributed by atoms with Crippen LogP contribution in [0.4, 0.5) is 11.4 Å². The van der Waals surface area contributed by atoms with Crippen LogP contribution in [0.5, 0.6) is 0 Å². The van der Waals surface area contributed by atoms with Gasteiger partial charge in [0.15, 0.2) is 0 Å². The average Bonchev–Trinajstić information content (AvgIpc) is 3.28. The van der Waals surface area contributed by atoms with Crippen molar-refractivity contribution in [1.29, 1.82) is 0 Å². The third-order valence-electron chi connectivity index (χ3n) is 7.76. The number of carbonyl (C=O) groups excluding carboxylic acids is 5. The van der Waals surface area contributed by atoms with Gasteiger partial charge < -0.3 is 4.74 Å². The van der Waals surface area contributed by atoms with Crippen molar-refractivity contribution in [2.24, 2.45) is 35.5 Å². The Morgan fingerprint density at radius 1 is 0.632 bits per heavy atom. The summed E-state index contributed by atoms with van der Waals surface area (Å²) in [5, 5.41) is 0.879. The zero-order chi connectivity index (χ0) is 27.2. The maximum atomic E-state index is 13.8. The van der Waals surface area contributed by atoms with Crippen LogP contribution in [0.25, 0.3) is 0 Å². The summed E-state index contributed by atoms with van der Waals surface area (Å²) in [6.07, 6.45) is 1.51. The lowest BCUT2D eigenvalue weighted by Gasteiger charge is -2.46. The molecule has 2 aromatic rings. The quantitative estimate of drug-likeness (QED) is 0.382. The maximum Gasteiger partial charge on any atom is 0.333 e. The lowest BCUT2D eigenvalue weighted by atomic mass is 9.52. The Labute approximate surface area is 236 Å². The van der Waals surface area contributed by atoms with E-state index in [-0.39, 0.29) is 37.0 Å². The summed E-state index contributed by atoms with van der Waals surface area (Å²) in [5.74, 6) is -9.10. The number of allylic oxidation sites excluding steroid dienone is 1. The summed E-state index contributed by atoms with van der Waals surface area (Å²) >= 11 is 24.5. The van der Waals surface area contributed by atoms with Crippen LogP contribution >= 0.6 is 46.4 Å². The van der Waals surface area contributed by atoms with Gasteiger partial charge in [0.1, 0.15) is 0 Å². The molecule has 12 heteroatoms. The first-order valence-electron chi connectivity index (χ1n) is 11.5. The molecule has 6 atom stereocenters. The molecular weight excluding hydrogens is 578 g/mol. The molecule has 8 nitrogen and oxygen atoms in total. The van der Waals surface area contributed by atoms with Crippen LogP contribution in [0, 0.1) is 35.5 Å². The molecule has 7 rings (SSSR count). The van der Waals surface area contributed by atoms with Crippen molar-refractivity contribution in [3.63, 3.8) is 0 Å². The number of hydrogen-bond acceptors (Lipinski definition) is 6. The van der Waals surface area contributed by atoms with Crippen molar-refractivity contribution in [1.82, 2.24) is 0 Å². The zero-order valence-corrected chi connectivity index (χ0v) is 22.4. The molecule has 0 spiro atoms. The summed E-state index contributed by atoms with van der Waals surface area (Å²) in [4.78, 5) is 69.9. The molecule has 3 aliphatic carbocycles. The topological polar surface area (TPSA) is 101 Å². The zero-order valence-electron chi connectivity index (χ0n) is 19.4. The molecule has 1 saturated carbocycles. The van der Waals surface area contributed by atoms with Crippen LogP contribution in [-0.4, -0.2) is 36.7 Å². The van der Waals surface area contributed by atoms with Crippen molar-refractivity contribution in [3.05, 3.63) is 68.1 Å². The SMILES string of the molecule is COC(=O)C1=CC2[C@@H]3C(=O)N(c4cc(Cl)cc(Cl)c4)C(=O)[C@@H]3C1[C@@H]1C(=O)N(c3cc(Cl)cc(Cl)c3)C(=O)[C@@H]21. The molecule has 2 saturated heterocycles. The van der Waals surface area contributed by atoms with E-state index in [1.807, 2.05) is 0 Å². The van der Waals surface area contributed by atoms with E-state index in [9.17, 15) is 24.0 Å². The molecule has 2 unspecified atom stereocenters. The Morgan fingerprint density at radius 2 is 1.00 bits per heavy atom. The first-order chi connectivity index (χ1) is 18.0. The molecule has 0 aromatic heterocycles. The van der Waals surface area contributed by atoms with Gasteiger partial charge in [-0.25, -0.2) is 14.6 Å². The van der Waals surface area contributed by atoms with Crippen molar-refractivity contribution in [2.45, 2.75) is 0 Å². The van der Waals surface area contributed by atoms with E-state index in [1.165, 1.54) is 49.6 Å². The lowest BCUT2D eigenvalue weighted by Crippen LogP contribution is -2.53. The predicted octanol–water partition coefficient (Wildman–Crippen LogP) is 4.57. The van der Waals surface area contributed by atoms with E-state index in [4.69, 9.17) is 51.1 Å². The largest absolute Gasteiger partial charge is 0.466 e. The average molecular weight is 594 g/mol. The number of benzene rings is 2. The summed E-state index contributed by atoms with van der Waals surface area (Å²) in [5.41, 5.74) is 0.437. The second-order valence-corrected chi connectivity index (χ2v) is 11.3. The van der Waals surface area contributed by atoms with E-state index >= 15 is 0 Å². The van der Waals surface area contributed by atoms with Gasteiger partial charge in [-0.3, -0.25) is 19.2 Å². The highest BCUT2D eigenvalue weighted by Crippen LogP contribution is 2.61. The fourth-order valence-corrected chi connectivity index (χ4v) is 7.55. The van der Waals surface area contributed by atoms with Crippen LogP contribution in [0.3, 0.4) is 0 Å². The Balaban J connectivity index is 1.48. The van der Waals surface area contributed by atoms with Gasteiger partial charge >= 0.3 is 5.97 Å². The van der Waals surface area contributed by atoms with E-state index in [0.29, 0.717) is 0 Å². The monoisotopic (exact) mass is 592 g/mol. The normalized spacial score (nSPS) is 29.6. The Hall–Kier alpha value is -2.91. The van der Waals surface area contributed by atoms with Gasteiger partial charge in [0.05, 0.1) is 42.2 Å². The van der Waals surface area contributed by atoms with Gasteiger partial charge in [-0.05, 0) is 36.4 Å². The molecule has 0 N–H and O–H groups in total. The number of hydrogen-bond donors (Lipinski definition) is 0. The van der Waals surface area contributed by atoms with Crippen molar-refractivity contribution in [3.8, 4) is 0 Å². The minimum Gasteiger partial charge on any atom is -0.466 e. The summed E-state index contributed by atoms with van der Waals surface area (Å²) < 4.78 is 4.95. The van der Waals surface area contributed by atoms with Gasteiger partial charge in [-0.1, -0.05) is 52.5 Å². The van der Waals surface area contributed by atoms with E-state index in [1.54, 1.807) is 0 Å². The number of carbonyl (C=O) groups is 5. The van der Waals surface area contributed by atoms with Gasteiger partial charge in [-0.15, -0.1) is 0 Å². The molecule has 3 fully saturated rings. The second-order valence-electron chi connectivity index (χ2n) is 9.60. The van der Waals surface area contributed by atoms with Gasteiger partial charge in [-0.2, -0.15) is 0 Å². The smallest absolute Gasteiger partial charge is 0.333 e. The molecule has 2 bridgehead atoms. The van der Waals surface area contributed by atoms with Crippen LogP contribution in [0.15, 0.2) is 48.0 Å². The van der Waals surface area contributed by atoms with Crippen LogP contribution < -0.4 is 9.80 Å². The predicted molar refractivity (Wildman–Crippen MR) is 139 cm³/mol. The minimum atomic E-state index is -1.06. The molecule has 5 aliphatic rings. The van der Waals surface area contributed by atoms with Crippen LogP contribution in [-0.2, 0) is 28.7 Å². The number of halogens is 4. The van der Waals surface area contributed by atoms with Crippen molar-refractivity contribution in [2.75, 3.05) is 16.9 Å². The Morgan fingerprint density at radius 3 is 1.37 bits per heavy atom. The summed E-state index contributed by atoms with van der Waals surface area (Å²) in [7, 11) is 1.18. The first-order valence-corrected chi connectivity index (χ1v) is 13.0. The highest BCUT2D eigenvalue weighted by atomic mass is 35.5. The van der Waals surface area contributed by atoms with E-state index < -0.39 is 65.1 Å². The molecule has 2 aromatic carbocycles. The molecule has 0 radical (unpaired) electrons. The van der Waals surface area contributed by atoms with Crippen molar-refractivity contribution >= 4 is 87.4 Å². The molecule has 194 valence electrons. The summed E-state index contributed by atoms with van der Waals surface area (Å²) in [6.45, 7) is 0. The number of rotatable bonds is 3. The Kier molecular flexibility index (Phi) is 5.88. The highest BCUT2D eigenvalue weighted by molar-refractivity contribution is 6.37. The Bertz CT molecular complexity index is 1390. The molecule has 38 heavy (non-hydrogen) atoms. The number of nitrogens with zero attached hydrogens (tertiary/aromatic N) is 2. The number of methoxy groups -OCH3 is 1. The standard InChI is InChI=1S/C26H16Cl4N2O6/c1-38-26(37)16-8-15-18-20(24(35)31(22(18)33)13-4-9(27)2-10(28)5-13)17(16)21-19(15)23(34)32(25(21)36)14-6-11(29)3-12(30)7-14/h2-8,15,17-21H,1H3/t15?,17?,18-,19-,20-,21+/m0/s1. The maximum absolute atomic E-state index is 13.8. The van der Waals surface area contributed by atoms with Crippen LogP contribution in [0.1, 0.15) is 0 Å². The number of amides is 4.